The van der Waals surface area contributed by atoms with Crippen molar-refractivity contribution in [1.29, 1.82) is 0 Å². The molecule has 4 rings (SSSR count). The normalized spacial score (nSPS) is 10.5. The Morgan fingerprint density at radius 2 is 1.64 bits per heavy atom. The van der Waals surface area contributed by atoms with Crippen LogP contribution in [0.15, 0.2) is 79.0 Å². The van der Waals surface area contributed by atoms with Crippen molar-refractivity contribution in [1.82, 2.24) is 9.78 Å². The Labute approximate surface area is 192 Å². The lowest BCUT2D eigenvalue weighted by Gasteiger charge is -2.12. The molecule has 0 spiro atoms. The van der Waals surface area contributed by atoms with Crippen molar-refractivity contribution in [2.45, 2.75) is 6.54 Å². The third-order valence-corrected chi connectivity index (χ3v) is 5.19. The van der Waals surface area contributed by atoms with Gasteiger partial charge in [0.15, 0.2) is 0 Å². The number of benzene rings is 3. The van der Waals surface area contributed by atoms with Crippen molar-refractivity contribution in [3.8, 4) is 28.5 Å². The summed E-state index contributed by atoms with van der Waals surface area (Å²) in [6.45, 7) is 0.535. The molecule has 33 heavy (non-hydrogen) atoms. The topological polar surface area (TPSA) is 74.6 Å². The van der Waals surface area contributed by atoms with Crippen LogP contribution in [0.5, 0.6) is 17.2 Å². The van der Waals surface area contributed by atoms with Crippen LogP contribution in [-0.2, 0) is 6.54 Å². The van der Waals surface area contributed by atoms with Gasteiger partial charge in [-0.25, -0.2) is 0 Å². The Kier molecular flexibility index (Phi) is 6.59. The molecule has 0 saturated heterocycles. The second-order valence-electron chi connectivity index (χ2n) is 7.33. The van der Waals surface area contributed by atoms with Crippen LogP contribution in [0.1, 0.15) is 15.9 Å². The van der Waals surface area contributed by atoms with E-state index < -0.39 is 0 Å². The molecule has 0 aliphatic rings. The average molecular weight is 444 g/mol. The summed E-state index contributed by atoms with van der Waals surface area (Å²) in [6, 6.07) is 22.7. The number of aromatic nitrogens is 2. The van der Waals surface area contributed by atoms with Gasteiger partial charge in [0.25, 0.3) is 5.91 Å². The van der Waals surface area contributed by atoms with E-state index in [1.807, 2.05) is 54.6 Å². The lowest BCUT2D eigenvalue weighted by Crippen LogP contribution is -2.13. The van der Waals surface area contributed by atoms with Gasteiger partial charge in [0.05, 0.1) is 39.1 Å². The van der Waals surface area contributed by atoms with Gasteiger partial charge in [0.2, 0.25) is 0 Å². The van der Waals surface area contributed by atoms with E-state index in [0.29, 0.717) is 40.7 Å². The largest absolute Gasteiger partial charge is 0.497 e. The summed E-state index contributed by atoms with van der Waals surface area (Å²) in [7, 11) is 4.73. The zero-order chi connectivity index (χ0) is 23.2. The quantitative estimate of drug-likeness (QED) is 0.420. The molecular weight excluding hydrogens is 418 g/mol. The van der Waals surface area contributed by atoms with Crippen molar-refractivity contribution >= 4 is 11.6 Å². The molecule has 168 valence electrons. The highest BCUT2D eigenvalue weighted by atomic mass is 16.5. The van der Waals surface area contributed by atoms with E-state index in [0.717, 1.165) is 11.1 Å². The number of hydrogen-bond acceptors (Lipinski definition) is 5. The van der Waals surface area contributed by atoms with Gasteiger partial charge in [0, 0.05) is 17.8 Å². The van der Waals surface area contributed by atoms with E-state index >= 15 is 0 Å². The van der Waals surface area contributed by atoms with Gasteiger partial charge in [0.1, 0.15) is 22.9 Å². The second-order valence-corrected chi connectivity index (χ2v) is 7.33. The predicted octanol–water partition coefficient (Wildman–Crippen LogP) is 4.88. The first-order valence-electron chi connectivity index (χ1n) is 10.4. The maximum absolute atomic E-state index is 13.4. The molecule has 0 bridgehead atoms. The summed E-state index contributed by atoms with van der Waals surface area (Å²) < 4.78 is 17.8. The number of carbonyl (C=O) groups is 1. The zero-order valence-corrected chi connectivity index (χ0v) is 18.7. The Morgan fingerprint density at radius 3 is 2.36 bits per heavy atom. The molecule has 0 aliphatic carbocycles. The average Bonchev–Trinajstić information content (AvgIpc) is 3.28. The van der Waals surface area contributed by atoms with Gasteiger partial charge in [-0.05, 0) is 29.8 Å². The molecule has 7 nitrogen and oxygen atoms in total. The Morgan fingerprint density at radius 1 is 0.879 bits per heavy atom. The summed E-state index contributed by atoms with van der Waals surface area (Å²) in [5, 5.41) is 7.67. The number of amides is 1. The number of ether oxygens (including phenoxy) is 3. The van der Waals surface area contributed by atoms with E-state index in [4.69, 9.17) is 19.3 Å². The maximum atomic E-state index is 13.4. The van der Waals surface area contributed by atoms with Crippen LogP contribution in [-0.4, -0.2) is 37.0 Å². The highest BCUT2D eigenvalue weighted by Crippen LogP contribution is 2.31. The molecule has 0 fully saturated rings. The molecule has 4 aromatic rings. The number of rotatable bonds is 8. The van der Waals surface area contributed by atoms with Gasteiger partial charge < -0.3 is 19.5 Å². The predicted molar refractivity (Wildman–Crippen MR) is 127 cm³/mol. The van der Waals surface area contributed by atoms with Crippen molar-refractivity contribution < 1.29 is 19.0 Å². The van der Waals surface area contributed by atoms with Crippen LogP contribution in [0.25, 0.3) is 11.3 Å². The SMILES string of the molecule is COc1cccc(-c2nn(Cc3ccccc3)cc2C(=O)Nc2cc(OC)ccc2OC)c1. The van der Waals surface area contributed by atoms with Crippen molar-refractivity contribution in [3.05, 3.63) is 90.1 Å². The standard InChI is InChI=1S/C26H25N3O4/c1-31-20-11-7-10-19(14-20)25-22(17-29(28-25)16-18-8-5-4-6-9-18)26(30)27-23-15-21(32-2)12-13-24(23)33-3/h4-15,17H,16H2,1-3H3,(H,27,30). The van der Waals surface area contributed by atoms with E-state index in [-0.39, 0.29) is 5.91 Å². The Hall–Kier alpha value is -4.26. The maximum Gasteiger partial charge on any atom is 0.259 e. The Bertz CT molecular complexity index is 1250. The molecule has 0 radical (unpaired) electrons. The van der Waals surface area contributed by atoms with Crippen LogP contribution >= 0.6 is 0 Å². The summed E-state index contributed by atoms with van der Waals surface area (Å²) in [5.74, 6) is 1.52. The molecule has 1 N–H and O–H groups in total. The van der Waals surface area contributed by atoms with Crippen LogP contribution in [0, 0.1) is 0 Å². The first kappa shape index (κ1) is 22.0. The fourth-order valence-electron chi connectivity index (χ4n) is 3.52. The van der Waals surface area contributed by atoms with E-state index in [1.54, 1.807) is 50.4 Å². The van der Waals surface area contributed by atoms with Crippen molar-refractivity contribution in [3.63, 3.8) is 0 Å². The molecule has 0 atom stereocenters. The van der Waals surface area contributed by atoms with Crippen molar-refractivity contribution in [2.24, 2.45) is 0 Å². The number of anilines is 1. The van der Waals surface area contributed by atoms with Gasteiger partial charge >= 0.3 is 0 Å². The first-order valence-corrected chi connectivity index (χ1v) is 10.4. The highest BCUT2D eigenvalue weighted by molar-refractivity contribution is 6.08. The van der Waals surface area contributed by atoms with Gasteiger partial charge in [-0.2, -0.15) is 5.10 Å². The Balaban J connectivity index is 1.73. The molecular formula is C26H25N3O4. The number of nitrogens with zero attached hydrogens (tertiary/aromatic N) is 2. The molecule has 3 aromatic carbocycles. The second kappa shape index (κ2) is 9.91. The third-order valence-electron chi connectivity index (χ3n) is 5.19. The van der Waals surface area contributed by atoms with Crippen LogP contribution in [0.2, 0.25) is 0 Å². The molecule has 0 aliphatic heterocycles. The summed E-state index contributed by atoms with van der Waals surface area (Å²) >= 11 is 0. The fourth-order valence-corrected chi connectivity index (χ4v) is 3.52. The van der Waals surface area contributed by atoms with Crippen LogP contribution < -0.4 is 19.5 Å². The molecule has 7 heteroatoms. The summed E-state index contributed by atoms with van der Waals surface area (Å²) in [6.07, 6.45) is 1.75. The fraction of sp³-hybridized carbons (Fsp3) is 0.154. The number of nitrogens with one attached hydrogen (secondary N) is 1. The molecule has 1 amide bonds. The molecule has 0 unspecified atom stereocenters. The molecule has 1 aromatic heterocycles. The minimum atomic E-state index is -0.307. The number of hydrogen-bond donors (Lipinski definition) is 1. The smallest absolute Gasteiger partial charge is 0.259 e. The van der Waals surface area contributed by atoms with E-state index in [9.17, 15) is 4.79 Å². The minimum absolute atomic E-state index is 0.307. The van der Waals surface area contributed by atoms with E-state index in [2.05, 4.69) is 5.32 Å². The van der Waals surface area contributed by atoms with Crippen molar-refractivity contribution in [2.75, 3.05) is 26.6 Å². The first-order chi connectivity index (χ1) is 16.1. The highest BCUT2D eigenvalue weighted by Gasteiger charge is 2.20. The van der Waals surface area contributed by atoms with Crippen LogP contribution in [0.4, 0.5) is 5.69 Å². The van der Waals surface area contributed by atoms with Gasteiger partial charge in [-0.15, -0.1) is 0 Å². The minimum Gasteiger partial charge on any atom is -0.497 e. The molecule has 0 saturated carbocycles. The molecule has 1 heterocycles. The van der Waals surface area contributed by atoms with E-state index in [1.165, 1.54) is 0 Å². The van der Waals surface area contributed by atoms with Crippen LogP contribution in [0.3, 0.4) is 0 Å². The monoisotopic (exact) mass is 443 g/mol. The lowest BCUT2D eigenvalue weighted by molar-refractivity contribution is 0.102. The lowest BCUT2D eigenvalue weighted by atomic mass is 10.1. The summed E-state index contributed by atoms with van der Waals surface area (Å²) in [5.41, 5.74) is 3.37. The van der Waals surface area contributed by atoms with Gasteiger partial charge in [-0.1, -0.05) is 42.5 Å². The summed E-state index contributed by atoms with van der Waals surface area (Å²) in [4.78, 5) is 13.4. The zero-order valence-electron chi connectivity index (χ0n) is 18.7. The van der Waals surface area contributed by atoms with Gasteiger partial charge in [-0.3, -0.25) is 9.48 Å². The number of methoxy groups -OCH3 is 3. The third kappa shape index (κ3) is 4.98. The number of carbonyl (C=O) groups excluding carboxylic acids is 1.